The lowest BCUT2D eigenvalue weighted by atomic mass is 10.1. The van der Waals surface area contributed by atoms with Gasteiger partial charge < -0.3 is 4.74 Å². The first kappa shape index (κ1) is 18.5. The van der Waals surface area contributed by atoms with E-state index in [9.17, 15) is 10.1 Å². The molecule has 0 amide bonds. The normalized spacial score (nSPS) is 11.9. The van der Waals surface area contributed by atoms with Crippen LogP contribution in [0.15, 0.2) is 64.8 Å². The third-order valence-electron chi connectivity index (χ3n) is 3.87. The molecule has 0 heterocycles. The summed E-state index contributed by atoms with van der Waals surface area (Å²) in [5, 5.41) is 21.7. The van der Waals surface area contributed by atoms with Crippen LogP contribution in [-0.4, -0.2) is 10.5 Å². The fourth-order valence-electron chi connectivity index (χ4n) is 2.72. The number of azo groups is 1. The van der Waals surface area contributed by atoms with Crippen molar-refractivity contribution in [2.45, 2.75) is 33.3 Å². The van der Waals surface area contributed by atoms with Crippen LogP contribution in [0.3, 0.4) is 0 Å². The summed E-state index contributed by atoms with van der Waals surface area (Å²) in [5.74, 6) is 0.583. The summed E-state index contributed by atoms with van der Waals surface area (Å²) in [6, 6.07) is 16.4. The molecule has 0 aliphatic carbocycles. The number of rotatable bonds is 4. The Bertz CT molecular complexity index is 1040. The summed E-state index contributed by atoms with van der Waals surface area (Å²) in [7, 11) is 0. The molecule has 0 atom stereocenters. The van der Waals surface area contributed by atoms with Gasteiger partial charge in [0.05, 0.1) is 4.92 Å². The van der Waals surface area contributed by atoms with Gasteiger partial charge in [0, 0.05) is 11.5 Å². The topological polar surface area (TPSA) is 77.1 Å². The van der Waals surface area contributed by atoms with E-state index in [4.69, 9.17) is 4.74 Å². The summed E-state index contributed by atoms with van der Waals surface area (Å²) in [5.41, 5.74) is 1.07. The molecule has 6 nitrogen and oxygen atoms in total. The number of hydrogen-bond acceptors (Lipinski definition) is 5. The second-order valence-corrected chi connectivity index (χ2v) is 7.30. The maximum atomic E-state index is 11.3. The van der Waals surface area contributed by atoms with Gasteiger partial charge >= 0.3 is 0 Å². The van der Waals surface area contributed by atoms with Crippen LogP contribution in [-0.2, 0) is 0 Å². The molecule has 3 rings (SSSR count). The molecule has 0 fully saturated rings. The van der Waals surface area contributed by atoms with Gasteiger partial charge in [0.1, 0.15) is 17.0 Å². The Morgan fingerprint density at radius 3 is 2.44 bits per heavy atom. The van der Waals surface area contributed by atoms with Crippen LogP contribution in [0.25, 0.3) is 10.8 Å². The molecule has 3 aromatic rings. The lowest BCUT2D eigenvalue weighted by Crippen LogP contribution is -2.22. The summed E-state index contributed by atoms with van der Waals surface area (Å²) in [6.45, 7) is 7.66. The molecule has 0 radical (unpaired) electrons. The van der Waals surface area contributed by atoms with Crippen molar-refractivity contribution < 1.29 is 9.66 Å². The van der Waals surface area contributed by atoms with Crippen molar-refractivity contribution in [3.8, 4) is 5.75 Å². The summed E-state index contributed by atoms with van der Waals surface area (Å²) < 4.78 is 6.04. The molecule has 0 saturated heterocycles. The highest BCUT2D eigenvalue weighted by Crippen LogP contribution is 2.39. The van der Waals surface area contributed by atoms with Crippen LogP contribution in [0.2, 0.25) is 0 Å². The quantitative estimate of drug-likeness (QED) is 0.296. The third-order valence-corrected chi connectivity index (χ3v) is 3.87. The molecule has 0 N–H and O–H groups in total. The van der Waals surface area contributed by atoms with E-state index in [-0.39, 0.29) is 11.4 Å². The van der Waals surface area contributed by atoms with E-state index in [0.29, 0.717) is 11.4 Å². The zero-order chi connectivity index (χ0) is 19.6. The van der Waals surface area contributed by atoms with Gasteiger partial charge in [-0.05, 0) is 50.8 Å². The van der Waals surface area contributed by atoms with Crippen molar-refractivity contribution in [1.29, 1.82) is 0 Å². The molecular formula is C21H21N3O3. The molecule has 0 unspecified atom stereocenters. The van der Waals surface area contributed by atoms with Gasteiger partial charge in [0.2, 0.25) is 0 Å². The third kappa shape index (κ3) is 4.28. The van der Waals surface area contributed by atoms with Crippen molar-refractivity contribution in [2.75, 3.05) is 0 Å². The number of ether oxygens (including phenoxy) is 1. The Hall–Kier alpha value is -3.28. The molecule has 0 aliphatic heterocycles. The number of nitro benzene ring substituents is 1. The van der Waals surface area contributed by atoms with Gasteiger partial charge in [-0.15, -0.1) is 10.2 Å². The van der Waals surface area contributed by atoms with Crippen LogP contribution < -0.4 is 4.74 Å². The highest BCUT2D eigenvalue weighted by molar-refractivity contribution is 5.95. The number of fused-ring (bicyclic) bond motifs is 1. The Kier molecular flexibility index (Phi) is 4.90. The maximum absolute atomic E-state index is 11.3. The molecule has 6 heteroatoms. The Morgan fingerprint density at radius 2 is 1.74 bits per heavy atom. The minimum atomic E-state index is -0.447. The van der Waals surface area contributed by atoms with Crippen molar-refractivity contribution in [3.63, 3.8) is 0 Å². The summed E-state index contributed by atoms with van der Waals surface area (Å²) in [4.78, 5) is 10.9. The van der Waals surface area contributed by atoms with Crippen LogP contribution in [0, 0.1) is 17.0 Å². The van der Waals surface area contributed by atoms with E-state index in [2.05, 4.69) is 10.2 Å². The maximum Gasteiger partial charge on any atom is 0.296 e. The van der Waals surface area contributed by atoms with E-state index in [1.165, 1.54) is 6.07 Å². The highest BCUT2D eigenvalue weighted by atomic mass is 16.6. The molecule has 0 aromatic heterocycles. The Morgan fingerprint density at radius 1 is 1.00 bits per heavy atom. The number of aryl methyl sites for hydroxylation is 1. The lowest BCUT2D eigenvalue weighted by Gasteiger charge is -2.22. The lowest BCUT2D eigenvalue weighted by molar-refractivity contribution is -0.384. The largest absolute Gasteiger partial charge is 0.486 e. The van der Waals surface area contributed by atoms with Gasteiger partial charge in [-0.25, -0.2) is 0 Å². The number of hydrogen-bond donors (Lipinski definition) is 0. The van der Waals surface area contributed by atoms with Crippen LogP contribution >= 0.6 is 0 Å². The monoisotopic (exact) mass is 363 g/mol. The van der Waals surface area contributed by atoms with Crippen LogP contribution in [0.4, 0.5) is 17.1 Å². The van der Waals surface area contributed by atoms with Crippen molar-refractivity contribution in [2.24, 2.45) is 10.2 Å². The molecule has 0 spiro atoms. The fourth-order valence-corrected chi connectivity index (χ4v) is 2.72. The molecule has 3 aromatic carbocycles. The van der Waals surface area contributed by atoms with Crippen molar-refractivity contribution in [3.05, 3.63) is 70.3 Å². The average Bonchev–Trinajstić information content (AvgIpc) is 2.60. The van der Waals surface area contributed by atoms with E-state index in [1.54, 1.807) is 19.1 Å². The van der Waals surface area contributed by atoms with Crippen molar-refractivity contribution in [1.82, 2.24) is 0 Å². The smallest absolute Gasteiger partial charge is 0.296 e. The first-order valence-electron chi connectivity index (χ1n) is 8.62. The predicted octanol–water partition coefficient (Wildman–Crippen LogP) is 6.65. The zero-order valence-corrected chi connectivity index (χ0v) is 15.8. The van der Waals surface area contributed by atoms with E-state index < -0.39 is 10.5 Å². The average molecular weight is 363 g/mol. The second-order valence-electron chi connectivity index (χ2n) is 7.30. The van der Waals surface area contributed by atoms with Crippen LogP contribution in [0.1, 0.15) is 26.3 Å². The van der Waals surface area contributed by atoms with Gasteiger partial charge in [0.15, 0.2) is 5.69 Å². The van der Waals surface area contributed by atoms with Gasteiger partial charge in [-0.2, -0.15) is 0 Å². The first-order chi connectivity index (χ1) is 12.7. The van der Waals surface area contributed by atoms with Gasteiger partial charge in [-0.3, -0.25) is 10.1 Å². The van der Waals surface area contributed by atoms with E-state index in [1.807, 2.05) is 57.2 Å². The van der Waals surface area contributed by atoms with Gasteiger partial charge in [-0.1, -0.05) is 36.4 Å². The zero-order valence-electron chi connectivity index (χ0n) is 15.8. The number of nitro groups is 1. The molecule has 27 heavy (non-hydrogen) atoms. The summed E-state index contributed by atoms with van der Waals surface area (Å²) in [6.07, 6.45) is 0. The Balaban J connectivity index is 2.14. The predicted molar refractivity (Wildman–Crippen MR) is 106 cm³/mol. The number of benzene rings is 3. The van der Waals surface area contributed by atoms with E-state index >= 15 is 0 Å². The van der Waals surface area contributed by atoms with Crippen molar-refractivity contribution >= 4 is 27.8 Å². The van der Waals surface area contributed by atoms with Gasteiger partial charge in [0.25, 0.3) is 5.69 Å². The minimum Gasteiger partial charge on any atom is -0.486 e. The molecule has 138 valence electrons. The highest BCUT2D eigenvalue weighted by Gasteiger charge is 2.18. The second kappa shape index (κ2) is 7.15. The molecule has 0 aliphatic rings. The fraction of sp³-hybridized carbons (Fsp3) is 0.238. The molecule has 0 saturated carbocycles. The van der Waals surface area contributed by atoms with Crippen LogP contribution in [0.5, 0.6) is 5.75 Å². The first-order valence-corrected chi connectivity index (χ1v) is 8.62. The molecule has 0 bridgehead atoms. The minimum absolute atomic E-state index is 0.0720. The SMILES string of the molecule is Cc1ccc(N=Nc2c(OC(C)(C)C)ccc3ccccc23)c([N+](=O)[O-])c1. The number of nitrogens with zero attached hydrogens (tertiary/aromatic N) is 3. The standard InChI is InChI=1S/C21H21N3O3/c1-14-9-11-17(18(13-14)24(25)26)22-23-20-16-8-6-5-7-15(16)10-12-19(20)27-21(2,3)4/h5-13H,1-4H3. The Labute approximate surface area is 157 Å². The summed E-state index contributed by atoms with van der Waals surface area (Å²) >= 11 is 0. The molecular weight excluding hydrogens is 342 g/mol. The van der Waals surface area contributed by atoms with E-state index in [0.717, 1.165) is 16.3 Å².